The molecule has 0 aliphatic rings. The Hall–Kier alpha value is -1.12. The average Bonchev–Trinajstić information content (AvgIpc) is 2.58. The summed E-state index contributed by atoms with van der Waals surface area (Å²) in [6.07, 6.45) is -1.13. The van der Waals surface area contributed by atoms with Crippen molar-refractivity contribution in [3.63, 3.8) is 0 Å². The van der Waals surface area contributed by atoms with E-state index in [9.17, 15) is 13.2 Å². The molecule has 0 saturated heterocycles. The number of nitrogens with one attached hydrogen (secondary N) is 1. The van der Waals surface area contributed by atoms with E-state index in [1.165, 1.54) is 6.20 Å². The van der Waals surface area contributed by atoms with E-state index in [0.717, 1.165) is 0 Å². The molecule has 0 saturated carbocycles. The van der Waals surface area contributed by atoms with Crippen LogP contribution in [0.15, 0.2) is 12.4 Å². The molecule has 8 heteroatoms. The number of aromatic nitrogens is 2. The molecule has 0 aliphatic heterocycles. The molecule has 0 aliphatic carbocycles. The van der Waals surface area contributed by atoms with Crippen molar-refractivity contribution in [3.8, 4) is 0 Å². The van der Waals surface area contributed by atoms with Crippen LogP contribution in [-0.2, 0) is 11.8 Å². The number of imidazole rings is 1. The topological polar surface area (TPSA) is 65.1 Å². The van der Waals surface area contributed by atoms with Crippen molar-refractivity contribution >= 4 is 0 Å². The molecule has 3 N–H and O–H groups in total. The van der Waals surface area contributed by atoms with E-state index in [1.54, 1.807) is 17.8 Å². The van der Waals surface area contributed by atoms with E-state index in [4.69, 9.17) is 5.84 Å². The number of hydrogen-bond acceptors (Lipinski definition) is 4. The molecule has 1 rings (SSSR count). The zero-order valence-corrected chi connectivity index (χ0v) is 8.66. The SMILES string of the molecule is Cn1ccnc1C(COCC(F)(F)F)NN. The van der Waals surface area contributed by atoms with Gasteiger partial charge in [-0.15, -0.1) is 0 Å². The highest BCUT2D eigenvalue weighted by atomic mass is 19.4. The van der Waals surface area contributed by atoms with E-state index in [2.05, 4.69) is 15.1 Å². The van der Waals surface area contributed by atoms with Crippen molar-refractivity contribution in [1.29, 1.82) is 0 Å². The van der Waals surface area contributed by atoms with Gasteiger partial charge >= 0.3 is 6.18 Å². The zero-order chi connectivity index (χ0) is 12.2. The second kappa shape index (κ2) is 5.28. The van der Waals surface area contributed by atoms with Gasteiger partial charge in [0.25, 0.3) is 0 Å². The Labute approximate surface area is 90.4 Å². The van der Waals surface area contributed by atoms with E-state index in [1.807, 2.05) is 0 Å². The van der Waals surface area contributed by atoms with Gasteiger partial charge in [-0.2, -0.15) is 13.2 Å². The molecule has 1 heterocycles. The minimum atomic E-state index is -4.33. The van der Waals surface area contributed by atoms with Gasteiger partial charge in [0.15, 0.2) is 0 Å². The molecule has 0 radical (unpaired) electrons. The van der Waals surface area contributed by atoms with Gasteiger partial charge in [-0.05, 0) is 0 Å². The van der Waals surface area contributed by atoms with Crippen molar-refractivity contribution in [2.24, 2.45) is 12.9 Å². The molecule has 1 unspecified atom stereocenters. The smallest absolute Gasteiger partial charge is 0.370 e. The van der Waals surface area contributed by atoms with E-state index < -0.39 is 18.8 Å². The van der Waals surface area contributed by atoms with Gasteiger partial charge < -0.3 is 9.30 Å². The third-order valence-electron chi connectivity index (χ3n) is 1.92. The number of ether oxygens (including phenoxy) is 1. The summed E-state index contributed by atoms with van der Waals surface area (Å²) in [5.74, 6) is 5.74. The van der Waals surface area contributed by atoms with Crippen LogP contribution in [0.3, 0.4) is 0 Å². The van der Waals surface area contributed by atoms with Crippen LogP contribution in [0.4, 0.5) is 13.2 Å². The highest BCUT2D eigenvalue weighted by Gasteiger charge is 2.28. The molecule has 1 aromatic rings. The fourth-order valence-electron chi connectivity index (χ4n) is 1.20. The largest absolute Gasteiger partial charge is 0.411 e. The molecule has 0 spiro atoms. The van der Waals surface area contributed by atoms with Crippen LogP contribution in [-0.4, -0.2) is 28.9 Å². The minimum Gasteiger partial charge on any atom is -0.370 e. The quantitative estimate of drug-likeness (QED) is 0.579. The fourth-order valence-corrected chi connectivity index (χ4v) is 1.20. The molecule has 0 bridgehead atoms. The summed E-state index contributed by atoms with van der Waals surface area (Å²) in [6.45, 7) is -1.49. The Morgan fingerprint density at radius 3 is 2.75 bits per heavy atom. The minimum absolute atomic E-state index is 0.194. The Balaban J connectivity index is 2.48. The molecular formula is C8H13F3N4O. The third-order valence-corrected chi connectivity index (χ3v) is 1.92. The fraction of sp³-hybridized carbons (Fsp3) is 0.625. The number of rotatable bonds is 5. The van der Waals surface area contributed by atoms with Crippen molar-refractivity contribution in [3.05, 3.63) is 18.2 Å². The summed E-state index contributed by atoms with van der Waals surface area (Å²) in [5, 5.41) is 0. The average molecular weight is 238 g/mol. The highest BCUT2D eigenvalue weighted by Crippen LogP contribution is 2.16. The van der Waals surface area contributed by atoms with E-state index in [0.29, 0.717) is 5.82 Å². The van der Waals surface area contributed by atoms with Crippen molar-refractivity contribution < 1.29 is 17.9 Å². The predicted octanol–water partition coefficient (Wildman–Crippen LogP) is 0.503. The summed E-state index contributed by atoms with van der Waals surface area (Å²) in [7, 11) is 1.72. The number of nitrogens with zero attached hydrogens (tertiary/aromatic N) is 2. The first-order valence-electron chi connectivity index (χ1n) is 4.52. The van der Waals surface area contributed by atoms with Crippen LogP contribution in [0.25, 0.3) is 0 Å². The summed E-state index contributed by atoms with van der Waals surface area (Å²) in [4.78, 5) is 3.96. The Morgan fingerprint density at radius 1 is 1.62 bits per heavy atom. The lowest BCUT2D eigenvalue weighted by Gasteiger charge is -2.16. The van der Waals surface area contributed by atoms with E-state index in [-0.39, 0.29) is 6.61 Å². The first-order valence-corrected chi connectivity index (χ1v) is 4.52. The Kier molecular flexibility index (Phi) is 4.27. The van der Waals surface area contributed by atoms with Gasteiger partial charge in [-0.3, -0.25) is 5.84 Å². The van der Waals surface area contributed by atoms with Crippen LogP contribution in [0.1, 0.15) is 11.9 Å². The molecule has 92 valence electrons. The maximum Gasteiger partial charge on any atom is 0.411 e. The number of hydrogen-bond donors (Lipinski definition) is 2. The molecule has 16 heavy (non-hydrogen) atoms. The molecule has 0 aromatic carbocycles. The van der Waals surface area contributed by atoms with Gasteiger partial charge in [-0.25, -0.2) is 10.4 Å². The molecular weight excluding hydrogens is 225 g/mol. The monoisotopic (exact) mass is 238 g/mol. The Morgan fingerprint density at radius 2 is 2.31 bits per heavy atom. The number of hydrazine groups is 1. The van der Waals surface area contributed by atoms with Crippen LogP contribution < -0.4 is 11.3 Å². The van der Waals surface area contributed by atoms with E-state index >= 15 is 0 Å². The van der Waals surface area contributed by atoms with Crippen LogP contribution in [0.5, 0.6) is 0 Å². The third kappa shape index (κ3) is 3.80. The second-order valence-corrected chi connectivity index (χ2v) is 3.25. The normalized spacial score (nSPS) is 14.1. The summed E-state index contributed by atoms with van der Waals surface area (Å²) in [5.41, 5.74) is 2.36. The summed E-state index contributed by atoms with van der Waals surface area (Å²) in [6, 6.07) is -0.567. The number of halogens is 3. The lowest BCUT2D eigenvalue weighted by molar-refractivity contribution is -0.175. The molecule has 0 fully saturated rings. The van der Waals surface area contributed by atoms with Gasteiger partial charge in [0.05, 0.1) is 6.61 Å². The lowest BCUT2D eigenvalue weighted by Crippen LogP contribution is -2.34. The van der Waals surface area contributed by atoms with Crippen molar-refractivity contribution in [1.82, 2.24) is 15.0 Å². The van der Waals surface area contributed by atoms with Crippen LogP contribution >= 0.6 is 0 Å². The highest BCUT2D eigenvalue weighted by molar-refractivity contribution is 4.98. The van der Waals surface area contributed by atoms with Crippen molar-refractivity contribution in [2.45, 2.75) is 12.2 Å². The molecule has 1 aromatic heterocycles. The first kappa shape index (κ1) is 12.9. The standard InChI is InChI=1S/C8H13F3N4O/c1-15-3-2-13-7(15)6(14-12)4-16-5-8(9,10)11/h2-3,6,14H,4-5,12H2,1H3. The maximum absolute atomic E-state index is 11.8. The number of nitrogens with two attached hydrogens (primary N) is 1. The van der Waals surface area contributed by atoms with Crippen molar-refractivity contribution in [2.75, 3.05) is 13.2 Å². The second-order valence-electron chi connectivity index (χ2n) is 3.25. The molecule has 0 amide bonds. The Bertz CT molecular complexity index is 325. The van der Waals surface area contributed by atoms with Crippen LogP contribution in [0.2, 0.25) is 0 Å². The van der Waals surface area contributed by atoms with Gasteiger partial charge in [0.1, 0.15) is 18.5 Å². The summed E-state index contributed by atoms with van der Waals surface area (Å²) >= 11 is 0. The molecule has 5 nitrogen and oxygen atoms in total. The predicted molar refractivity (Wildman–Crippen MR) is 50.1 cm³/mol. The van der Waals surface area contributed by atoms with Gasteiger partial charge in [0, 0.05) is 19.4 Å². The molecule has 1 atom stereocenters. The number of alkyl halides is 3. The zero-order valence-electron chi connectivity index (χ0n) is 8.66. The summed E-state index contributed by atoms with van der Waals surface area (Å²) < 4.78 is 41.7. The van der Waals surface area contributed by atoms with Crippen LogP contribution in [0, 0.1) is 0 Å². The lowest BCUT2D eigenvalue weighted by atomic mass is 10.3. The maximum atomic E-state index is 11.8. The first-order chi connectivity index (χ1) is 7.44. The van der Waals surface area contributed by atoms with Gasteiger partial charge in [0.2, 0.25) is 0 Å². The van der Waals surface area contributed by atoms with Gasteiger partial charge in [-0.1, -0.05) is 0 Å². The number of aryl methyl sites for hydroxylation is 1.